The van der Waals surface area contributed by atoms with Crippen LogP contribution >= 0.6 is 0 Å². The van der Waals surface area contributed by atoms with Crippen LogP contribution in [0.1, 0.15) is 45.7 Å². The summed E-state index contributed by atoms with van der Waals surface area (Å²) in [6, 6.07) is 6.52. The highest BCUT2D eigenvalue weighted by Crippen LogP contribution is 2.23. The van der Waals surface area contributed by atoms with E-state index in [1.54, 1.807) is 0 Å². The third-order valence-electron chi connectivity index (χ3n) is 2.18. The van der Waals surface area contributed by atoms with Gasteiger partial charge in [-0.1, -0.05) is 19.9 Å². The maximum atomic E-state index is 5.90. The maximum Gasteiger partial charge on any atom is 0.120 e. The number of benzene rings is 1. The van der Waals surface area contributed by atoms with E-state index in [0.29, 0.717) is 5.92 Å². The van der Waals surface area contributed by atoms with E-state index in [9.17, 15) is 0 Å². The largest absolute Gasteiger partial charge is 0.488 e. The van der Waals surface area contributed by atoms with Gasteiger partial charge in [-0.2, -0.15) is 0 Å². The van der Waals surface area contributed by atoms with Crippen molar-refractivity contribution in [2.75, 3.05) is 0 Å². The van der Waals surface area contributed by atoms with Crippen LogP contribution in [-0.4, -0.2) is 5.60 Å². The van der Waals surface area contributed by atoms with E-state index >= 15 is 0 Å². The summed E-state index contributed by atoms with van der Waals surface area (Å²) in [6.07, 6.45) is 1.11. The fourth-order valence-corrected chi connectivity index (χ4v) is 1.83. The zero-order valence-corrected chi connectivity index (χ0v) is 11.4. The van der Waals surface area contributed by atoms with E-state index in [1.807, 2.05) is 0 Å². The van der Waals surface area contributed by atoms with E-state index in [-0.39, 0.29) is 5.60 Å². The molecule has 0 amide bonds. The Morgan fingerprint density at radius 3 is 2.25 bits per heavy atom. The van der Waals surface area contributed by atoms with Crippen molar-refractivity contribution in [3.63, 3.8) is 0 Å². The van der Waals surface area contributed by atoms with Crippen LogP contribution < -0.4 is 4.74 Å². The van der Waals surface area contributed by atoms with Gasteiger partial charge in [0.1, 0.15) is 11.4 Å². The summed E-state index contributed by atoms with van der Waals surface area (Å²) in [5, 5.41) is 0. The third kappa shape index (κ3) is 4.69. The molecule has 0 unspecified atom stereocenters. The highest BCUT2D eigenvalue weighted by atomic mass is 16.5. The molecular formula is C15H24O. The molecule has 0 aromatic heterocycles. The van der Waals surface area contributed by atoms with Crippen LogP contribution in [0, 0.1) is 12.8 Å². The third-order valence-corrected chi connectivity index (χ3v) is 2.18. The zero-order valence-electron chi connectivity index (χ0n) is 11.4. The Morgan fingerprint density at radius 1 is 1.12 bits per heavy atom. The van der Waals surface area contributed by atoms with Crippen LogP contribution in [0.4, 0.5) is 0 Å². The Labute approximate surface area is 99.8 Å². The minimum atomic E-state index is -0.122. The molecule has 0 N–H and O–H groups in total. The van der Waals surface area contributed by atoms with Gasteiger partial charge < -0.3 is 4.74 Å². The topological polar surface area (TPSA) is 9.23 Å². The van der Waals surface area contributed by atoms with E-state index in [4.69, 9.17) is 4.74 Å². The quantitative estimate of drug-likeness (QED) is 0.735. The predicted octanol–water partition coefficient (Wildman–Crippen LogP) is 4.37. The summed E-state index contributed by atoms with van der Waals surface area (Å²) in [6.45, 7) is 12.9. The number of rotatable bonds is 3. The molecule has 0 atom stereocenters. The molecule has 90 valence electrons. The Kier molecular flexibility index (Phi) is 4.01. The van der Waals surface area contributed by atoms with Gasteiger partial charge in [0, 0.05) is 0 Å². The molecule has 0 spiro atoms. The van der Waals surface area contributed by atoms with Crippen molar-refractivity contribution in [3.05, 3.63) is 29.3 Å². The van der Waals surface area contributed by atoms with Gasteiger partial charge in [0.05, 0.1) is 0 Å². The SMILES string of the molecule is Cc1cc(CC(C)C)cc(OC(C)(C)C)c1. The summed E-state index contributed by atoms with van der Waals surface area (Å²) >= 11 is 0. The first kappa shape index (κ1) is 13.1. The van der Waals surface area contributed by atoms with Crippen LogP contribution in [0.5, 0.6) is 5.75 Å². The summed E-state index contributed by atoms with van der Waals surface area (Å²) in [4.78, 5) is 0. The Bertz CT molecular complexity index is 345. The molecule has 1 nitrogen and oxygen atoms in total. The molecular weight excluding hydrogens is 196 g/mol. The van der Waals surface area contributed by atoms with Gasteiger partial charge in [-0.25, -0.2) is 0 Å². The second kappa shape index (κ2) is 4.90. The number of hydrogen-bond donors (Lipinski definition) is 0. The minimum Gasteiger partial charge on any atom is -0.488 e. The van der Waals surface area contributed by atoms with Crippen LogP contribution in [-0.2, 0) is 6.42 Å². The first-order valence-electron chi connectivity index (χ1n) is 6.06. The maximum absolute atomic E-state index is 5.90. The van der Waals surface area contributed by atoms with Gasteiger partial charge in [0.15, 0.2) is 0 Å². The lowest BCUT2D eigenvalue weighted by atomic mass is 10.0. The summed E-state index contributed by atoms with van der Waals surface area (Å²) in [7, 11) is 0. The molecule has 0 heterocycles. The Morgan fingerprint density at radius 2 is 1.75 bits per heavy atom. The predicted molar refractivity (Wildman–Crippen MR) is 70.1 cm³/mol. The fraction of sp³-hybridized carbons (Fsp3) is 0.600. The van der Waals surface area contributed by atoms with Crippen molar-refractivity contribution in [3.8, 4) is 5.75 Å². The van der Waals surface area contributed by atoms with Gasteiger partial charge in [-0.15, -0.1) is 0 Å². The lowest BCUT2D eigenvalue weighted by Gasteiger charge is -2.22. The van der Waals surface area contributed by atoms with Gasteiger partial charge >= 0.3 is 0 Å². The summed E-state index contributed by atoms with van der Waals surface area (Å²) in [5.74, 6) is 1.67. The zero-order chi connectivity index (χ0) is 12.3. The number of aryl methyl sites for hydroxylation is 1. The molecule has 16 heavy (non-hydrogen) atoms. The van der Waals surface area contributed by atoms with E-state index in [0.717, 1.165) is 12.2 Å². The second-order valence-electron chi connectivity index (χ2n) is 5.97. The standard InChI is InChI=1S/C15H24O/c1-11(2)7-13-8-12(3)9-14(10-13)16-15(4,5)6/h8-11H,7H2,1-6H3. The number of ether oxygens (including phenoxy) is 1. The van der Waals surface area contributed by atoms with E-state index < -0.39 is 0 Å². The molecule has 0 radical (unpaired) electrons. The summed E-state index contributed by atoms with van der Waals surface area (Å²) < 4.78 is 5.90. The van der Waals surface area contributed by atoms with E-state index in [2.05, 4.69) is 59.7 Å². The smallest absolute Gasteiger partial charge is 0.120 e. The first-order chi connectivity index (χ1) is 7.26. The number of hydrogen-bond acceptors (Lipinski definition) is 1. The molecule has 1 aromatic rings. The molecule has 1 rings (SSSR count). The van der Waals surface area contributed by atoms with Crippen LogP contribution in [0.15, 0.2) is 18.2 Å². The monoisotopic (exact) mass is 220 g/mol. The van der Waals surface area contributed by atoms with Crippen molar-refractivity contribution in [1.29, 1.82) is 0 Å². The van der Waals surface area contributed by atoms with Crippen molar-refractivity contribution < 1.29 is 4.74 Å². The van der Waals surface area contributed by atoms with E-state index in [1.165, 1.54) is 11.1 Å². The fourth-order valence-electron chi connectivity index (χ4n) is 1.83. The second-order valence-corrected chi connectivity index (χ2v) is 5.97. The van der Waals surface area contributed by atoms with Crippen LogP contribution in [0.2, 0.25) is 0 Å². The lowest BCUT2D eigenvalue weighted by molar-refractivity contribution is 0.130. The minimum absolute atomic E-state index is 0.122. The van der Waals surface area contributed by atoms with Crippen LogP contribution in [0.25, 0.3) is 0 Å². The molecule has 0 saturated carbocycles. The molecule has 0 aliphatic carbocycles. The molecule has 0 aliphatic rings. The van der Waals surface area contributed by atoms with Crippen molar-refractivity contribution in [2.24, 2.45) is 5.92 Å². The molecule has 0 saturated heterocycles. The average Bonchev–Trinajstić information content (AvgIpc) is 1.96. The van der Waals surface area contributed by atoms with Gasteiger partial charge in [0.25, 0.3) is 0 Å². The highest BCUT2D eigenvalue weighted by Gasteiger charge is 2.12. The molecule has 0 bridgehead atoms. The van der Waals surface area contributed by atoms with Crippen molar-refractivity contribution >= 4 is 0 Å². The van der Waals surface area contributed by atoms with Gasteiger partial charge in [-0.05, 0) is 63.3 Å². The highest BCUT2D eigenvalue weighted by molar-refractivity contribution is 5.34. The molecule has 1 aromatic carbocycles. The Hall–Kier alpha value is -0.980. The van der Waals surface area contributed by atoms with Gasteiger partial charge in [-0.3, -0.25) is 0 Å². The molecule has 1 heteroatoms. The summed E-state index contributed by atoms with van der Waals surface area (Å²) in [5.41, 5.74) is 2.52. The normalized spacial score (nSPS) is 11.9. The van der Waals surface area contributed by atoms with Gasteiger partial charge in [0.2, 0.25) is 0 Å². The van der Waals surface area contributed by atoms with Crippen molar-refractivity contribution in [2.45, 2.75) is 53.6 Å². The lowest BCUT2D eigenvalue weighted by Crippen LogP contribution is -2.23. The molecule has 0 aliphatic heterocycles. The average molecular weight is 220 g/mol. The van der Waals surface area contributed by atoms with Crippen molar-refractivity contribution in [1.82, 2.24) is 0 Å². The first-order valence-corrected chi connectivity index (χ1v) is 6.06. The van der Waals surface area contributed by atoms with Crippen LogP contribution in [0.3, 0.4) is 0 Å². The molecule has 0 fully saturated rings. The Balaban J connectivity index is 2.90.